The summed E-state index contributed by atoms with van der Waals surface area (Å²) in [6.07, 6.45) is 2.67. The molecule has 1 fully saturated rings. The molecule has 0 unspecified atom stereocenters. The Morgan fingerprint density at radius 1 is 1.09 bits per heavy atom. The maximum Gasteiger partial charge on any atom is 0.355 e. The topological polar surface area (TPSA) is 105 Å². The number of nitrogen functional groups attached to an aromatic ring is 1. The molecule has 1 aliphatic rings. The number of hydrogen-bond donors (Lipinski definition) is 2. The first-order valence-electron chi connectivity index (χ1n) is 11.1. The van der Waals surface area contributed by atoms with E-state index in [0.717, 1.165) is 25.2 Å². The van der Waals surface area contributed by atoms with Crippen LogP contribution in [0.4, 0.5) is 23.1 Å². The first-order chi connectivity index (χ1) is 16.8. The van der Waals surface area contributed by atoms with Crippen LogP contribution < -0.4 is 21.6 Å². The van der Waals surface area contributed by atoms with E-state index in [1.54, 1.807) is 18.2 Å². The van der Waals surface area contributed by atoms with Crippen molar-refractivity contribution in [3.8, 4) is 5.69 Å². The van der Waals surface area contributed by atoms with Gasteiger partial charge < -0.3 is 20.9 Å². The molecule has 0 saturated carbocycles. The van der Waals surface area contributed by atoms with Crippen LogP contribution in [0, 0.1) is 0 Å². The molecule has 11 heteroatoms. The fourth-order valence-corrected chi connectivity index (χ4v) is 4.83. The molecule has 9 nitrogen and oxygen atoms in total. The van der Waals surface area contributed by atoms with E-state index in [1.165, 1.54) is 16.5 Å². The summed E-state index contributed by atoms with van der Waals surface area (Å²) in [6.45, 7) is 2.05. The number of nitrogens with zero attached hydrogens (tertiary/aromatic N) is 6. The molecule has 1 saturated heterocycles. The predicted octanol–water partition coefficient (Wildman–Crippen LogP) is 3.95. The molecular weight excluding hydrogens is 487 g/mol. The van der Waals surface area contributed by atoms with Gasteiger partial charge in [-0.1, -0.05) is 29.3 Å². The second-order valence-electron chi connectivity index (χ2n) is 8.64. The van der Waals surface area contributed by atoms with Gasteiger partial charge in [0, 0.05) is 36.7 Å². The molecule has 0 radical (unpaired) electrons. The van der Waals surface area contributed by atoms with Gasteiger partial charge in [-0.3, -0.25) is 0 Å². The minimum absolute atomic E-state index is 0.104. The molecule has 35 heavy (non-hydrogen) atoms. The van der Waals surface area contributed by atoms with E-state index in [9.17, 15) is 4.79 Å². The molecule has 4 aromatic rings. The normalized spacial score (nSPS) is 15.8. The zero-order valence-electron chi connectivity index (χ0n) is 19.2. The number of benzene rings is 2. The predicted molar refractivity (Wildman–Crippen MR) is 141 cm³/mol. The maximum atomic E-state index is 12.8. The number of anilines is 4. The third kappa shape index (κ3) is 4.50. The summed E-state index contributed by atoms with van der Waals surface area (Å²) in [6, 6.07) is 13.6. The van der Waals surface area contributed by atoms with Crippen LogP contribution in [0.25, 0.3) is 16.7 Å². The van der Waals surface area contributed by atoms with Crippen molar-refractivity contribution in [1.82, 2.24) is 24.4 Å². The van der Waals surface area contributed by atoms with Crippen molar-refractivity contribution in [1.29, 1.82) is 0 Å². The molecule has 180 valence electrons. The lowest BCUT2D eigenvalue weighted by Gasteiger charge is -2.22. The van der Waals surface area contributed by atoms with Crippen LogP contribution in [0.5, 0.6) is 0 Å². The second-order valence-corrected chi connectivity index (χ2v) is 9.45. The van der Waals surface area contributed by atoms with Crippen LogP contribution >= 0.6 is 23.2 Å². The molecule has 2 aromatic heterocycles. The van der Waals surface area contributed by atoms with Crippen LogP contribution in [0.15, 0.2) is 53.5 Å². The van der Waals surface area contributed by atoms with Gasteiger partial charge in [0.05, 0.1) is 21.1 Å². The lowest BCUT2D eigenvalue weighted by Crippen LogP contribution is -2.31. The number of para-hydroxylation sites is 1. The molecule has 0 spiro atoms. The van der Waals surface area contributed by atoms with Crippen LogP contribution in [0.2, 0.25) is 10.0 Å². The smallest absolute Gasteiger partial charge is 0.355 e. The second kappa shape index (κ2) is 9.33. The molecule has 2 aromatic carbocycles. The monoisotopic (exact) mass is 510 g/mol. The Morgan fingerprint density at radius 3 is 2.46 bits per heavy atom. The zero-order valence-corrected chi connectivity index (χ0v) is 20.8. The number of fused-ring (bicyclic) bond motifs is 1. The van der Waals surface area contributed by atoms with Crippen LogP contribution in [0.3, 0.4) is 0 Å². The number of aromatic nitrogens is 4. The minimum atomic E-state index is -0.638. The fraction of sp³-hybridized carbons (Fsp3) is 0.250. The van der Waals surface area contributed by atoms with Crippen LogP contribution in [-0.2, 0) is 0 Å². The first kappa shape index (κ1) is 23.3. The standard InChI is InChI=1S/C24H24Cl2N8O/c1-32(2)16-10-11-33(13-16)15-8-6-14(7-9-15)29-23-28-12-17-21(27)34(24(35)31-22(17)30-23)20-18(25)4-3-5-19(20)26/h3-9,12,16H,10-11,13,27H2,1-2H3,(H,29,30,31,35)/t16-/m0/s1. The third-order valence-corrected chi connectivity index (χ3v) is 6.83. The summed E-state index contributed by atoms with van der Waals surface area (Å²) in [5.74, 6) is 0.409. The van der Waals surface area contributed by atoms with Gasteiger partial charge in [-0.05, 0) is 56.9 Å². The summed E-state index contributed by atoms with van der Waals surface area (Å²) >= 11 is 12.5. The van der Waals surface area contributed by atoms with Crippen LogP contribution in [0.1, 0.15) is 6.42 Å². The van der Waals surface area contributed by atoms with Crippen LogP contribution in [-0.4, -0.2) is 57.6 Å². The van der Waals surface area contributed by atoms with Crippen molar-refractivity contribution in [3.05, 3.63) is 69.2 Å². The third-order valence-electron chi connectivity index (χ3n) is 6.22. The van der Waals surface area contributed by atoms with Crippen molar-refractivity contribution in [3.63, 3.8) is 0 Å². The van der Waals surface area contributed by atoms with Gasteiger partial charge in [-0.15, -0.1) is 0 Å². The number of rotatable bonds is 5. The highest BCUT2D eigenvalue weighted by Gasteiger charge is 2.24. The molecule has 1 aliphatic heterocycles. The molecule has 3 N–H and O–H groups in total. The highest BCUT2D eigenvalue weighted by molar-refractivity contribution is 6.37. The lowest BCUT2D eigenvalue weighted by atomic mass is 10.2. The Labute approximate surface area is 212 Å². The average Bonchev–Trinajstić information content (AvgIpc) is 3.32. The molecule has 0 amide bonds. The Hall–Kier alpha value is -3.40. The molecule has 0 aliphatic carbocycles. The van der Waals surface area contributed by atoms with Crippen molar-refractivity contribution in [2.24, 2.45) is 0 Å². The number of halogens is 2. The lowest BCUT2D eigenvalue weighted by molar-refractivity contribution is 0.315. The van der Waals surface area contributed by atoms with Crippen molar-refractivity contribution in [2.45, 2.75) is 12.5 Å². The first-order valence-corrected chi connectivity index (χ1v) is 11.9. The summed E-state index contributed by atoms with van der Waals surface area (Å²) < 4.78 is 1.17. The summed E-state index contributed by atoms with van der Waals surface area (Å²) in [7, 11) is 4.24. The Bertz CT molecular complexity index is 1430. The van der Waals surface area contributed by atoms with Gasteiger partial charge in [0.1, 0.15) is 5.82 Å². The highest BCUT2D eigenvalue weighted by Crippen LogP contribution is 2.31. The Kier molecular flexibility index (Phi) is 6.22. The highest BCUT2D eigenvalue weighted by atomic mass is 35.5. The summed E-state index contributed by atoms with van der Waals surface area (Å²) in [4.78, 5) is 30.3. The Morgan fingerprint density at radius 2 is 1.80 bits per heavy atom. The molecular formula is C24H24Cl2N8O. The van der Waals surface area contributed by atoms with E-state index < -0.39 is 5.69 Å². The van der Waals surface area contributed by atoms with E-state index in [1.807, 2.05) is 12.1 Å². The number of nitrogens with two attached hydrogens (primary N) is 1. The van der Waals surface area contributed by atoms with E-state index >= 15 is 0 Å². The zero-order chi connectivity index (χ0) is 24.7. The van der Waals surface area contributed by atoms with E-state index in [4.69, 9.17) is 28.9 Å². The van der Waals surface area contributed by atoms with E-state index in [-0.39, 0.29) is 27.2 Å². The largest absolute Gasteiger partial charge is 0.384 e. The summed E-state index contributed by atoms with van der Waals surface area (Å²) in [5, 5.41) is 4.13. The fourth-order valence-electron chi connectivity index (χ4n) is 4.26. The molecule has 0 bridgehead atoms. The summed E-state index contributed by atoms with van der Waals surface area (Å²) in [5.41, 5.74) is 8.09. The van der Waals surface area contributed by atoms with Gasteiger partial charge >= 0.3 is 5.69 Å². The minimum Gasteiger partial charge on any atom is -0.384 e. The SMILES string of the molecule is CN(C)[C@H]1CCN(c2ccc(Nc3ncc4c(N)n(-c5c(Cl)cccc5Cl)c(=O)nc4n3)cc2)C1. The maximum absolute atomic E-state index is 12.8. The van der Waals surface area contributed by atoms with Gasteiger partial charge in [0.25, 0.3) is 0 Å². The molecule has 5 rings (SSSR count). The van der Waals surface area contributed by atoms with Gasteiger partial charge in [-0.25, -0.2) is 14.3 Å². The van der Waals surface area contributed by atoms with Crippen molar-refractivity contribution < 1.29 is 0 Å². The van der Waals surface area contributed by atoms with Crippen molar-refractivity contribution in [2.75, 3.05) is 43.1 Å². The molecule has 3 heterocycles. The Balaban J connectivity index is 1.40. The van der Waals surface area contributed by atoms with Crippen molar-refractivity contribution >= 4 is 57.4 Å². The van der Waals surface area contributed by atoms with Gasteiger partial charge in [0.2, 0.25) is 5.95 Å². The number of likely N-dealkylation sites (N-methyl/N-ethyl adjacent to an activating group) is 1. The quantitative estimate of drug-likeness (QED) is 0.415. The van der Waals surface area contributed by atoms with E-state index in [0.29, 0.717) is 17.4 Å². The number of hydrogen-bond acceptors (Lipinski definition) is 8. The van der Waals surface area contributed by atoms with E-state index in [2.05, 4.69) is 56.3 Å². The average molecular weight is 511 g/mol. The van der Waals surface area contributed by atoms with Gasteiger partial charge in [-0.2, -0.15) is 9.97 Å². The number of nitrogens with one attached hydrogen (secondary N) is 1. The van der Waals surface area contributed by atoms with Gasteiger partial charge in [0.15, 0.2) is 5.65 Å². The molecule has 1 atom stereocenters.